The first kappa shape index (κ1) is 26.0. The van der Waals surface area contributed by atoms with E-state index < -0.39 is 21.9 Å². The van der Waals surface area contributed by atoms with Crippen molar-refractivity contribution >= 4 is 43.5 Å². The molecule has 1 aliphatic rings. The van der Waals surface area contributed by atoms with Crippen molar-refractivity contribution in [3.05, 3.63) is 52.8 Å². The number of nitrogens with zero attached hydrogens (tertiary/aromatic N) is 3. The van der Waals surface area contributed by atoms with Gasteiger partial charge in [-0.2, -0.15) is 9.30 Å². The quantitative estimate of drug-likeness (QED) is 0.447. The Morgan fingerprint density at radius 3 is 2.36 bits per heavy atom. The van der Waals surface area contributed by atoms with Gasteiger partial charge in [0, 0.05) is 18.7 Å². The van der Waals surface area contributed by atoms with Crippen LogP contribution in [0.3, 0.4) is 0 Å². The van der Waals surface area contributed by atoms with Crippen LogP contribution in [-0.2, 0) is 30.8 Å². The number of ether oxygens (including phenoxy) is 3. The lowest BCUT2D eigenvalue weighted by atomic mass is 10.2. The summed E-state index contributed by atoms with van der Waals surface area (Å²) in [6.45, 7) is 4.07. The molecule has 3 aromatic rings. The van der Waals surface area contributed by atoms with Crippen molar-refractivity contribution in [1.29, 1.82) is 0 Å². The number of methoxy groups -OCH3 is 2. The zero-order chi connectivity index (χ0) is 26.0. The first-order valence-corrected chi connectivity index (χ1v) is 13.5. The van der Waals surface area contributed by atoms with E-state index in [4.69, 9.17) is 14.2 Å². The molecular formula is C24H27N3O7S2. The molecule has 1 fully saturated rings. The average Bonchev–Trinajstić information content (AvgIpc) is 3.18. The summed E-state index contributed by atoms with van der Waals surface area (Å²) in [5, 5.41) is 0. The summed E-state index contributed by atoms with van der Waals surface area (Å²) in [5.41, 5.74) is 0.922. The third kappa shape index (κ3) is 5.36. The second-order valence-electron chi connectivity index (χ2n) is 8.40. The first-order valence-electron chi connectivity index (χ1n) is 11.2. The zero-order valence-electron chi connectivity index (χ0n) is 20.3. The van der Waals surface area contributed by atoms with Crippen molar-refractivity contribution < 1.29 is 32.2 Å². The molecule has 4 rings (SSSR count). The standard InChI is InChI=1S/C24H27N3O7S2/c1-15-12-26(13-16(2)34-15)36(30,31)19-8-5-17(6-9-19)23(29)25-24-27(14-22(28)33-4)20-10-7-18(32-3)11-21(20)35-24/h5-11,15-16H,12-14H2,1-4H3. The highest BCUT2D eigenvalue weighted by Gasteiger charge is 2.32. The molecule has 1 aromatic heterocycles. The topological polar surface area (TPSA) is 117 Å². The predicted molar refractivity (Wildman–Crippen MR) is 133 cm³/mol. The van der Waals surface area contributed by atoms with Crippen LogP contribution in [0.15, 0.2) is 52.4 Å². The Kier molecular flexibility index (Phi) is 7.59. The van der Waals surface area contributed by atoms with Gasteiger partial charge in [0.15, 0.2) is 4.80 Å². The molecule has 0 radical (unpaired) electrons. The molecule has 0 spiro atoms. The fourth-order valence-corrected chi connectivity index (χ4v) is 6.66. The van der Waals surface area contributed by atoms with Crippen LogP contribution in [0.1, 0.15) is 24.2 Å². The van der Waals surface area contributed by atoms with Crippen LogP contribution in [0.4, 0.5) is 0 Å². The fourth-order valence-electron chi connectivity index (χ4n) is 4.01. The number of carbonyl (C=O) groups excluding carboxylic acids is 2. The summed E-state index contributed by atoms with van der Waals surface area (Å²) in [4.78, 5) is 29.6. The Hall–Kier alpha value is -3.06. The normalized spacial score (nSPS) is 19.4. The maximum absolute atomic E-state index is 13.1. The maximum atomic E-state index is 13.1. The molecule has 12 heteroatoms. The predicted octanol–water partition coefficient (Wildman–Crippen LogP) is 2.42. The maximum Gasteiger partial charge on any atom is 0.325 e. The third-order valence-corrected chi connectivity index (χ3v) is 8.61. The van der Waals surface area contributed by atoms with Gasteiger partial charge in [0.25, 0.3) is 5.91 Å². The van der Waals surface area contributed by atoms with Crippen LogP contribution >= 0.6 is 11.3 Å². The summed E-state index contributed by atoms with van der Waals surface area (Å²) in [6.07, 6.45) is -0.415. The molecule has 2 heterocycles. The van der Waals surface area contributed by atoms with Gasteiger partial charge in [-0.3, -0.25) is 9.59 Å². The number of amides is 1. The molecule has 2 atom stereocenters. The molecule has 1 amide bonds. The monoisotopic (exact) mass is 533 g/mol. The van der Waals surface area contributed by atoms with Gasteiger partial charge < -0.3 is 18.8 Å². The van der Waals surface area contributed by atoms with Gasteiger partial charge in [0.05, 0.1) is 41.5 Å². The first-order chi connectivity index (χ1) is 17.1. The number of aromatic nitrogens is 1. The van der Waals surface area contributed by atoms with E-state index in [-0.39, 0.29) is 42.3 Å². The van der Waals surface area contributed by atoms with Crippen LogP contribution in [0.5, 0.6) is 5.75 Å². The van der Waals surface area contributed by atoms with Crippen LogP contribution in [0, 0.1) is 0 Å². The van der Waals surface area contributed by atoms with Crippen molar-refractivity contribution in [2.75, 3.05) is 27.3 Å². The second-order valence-corrected chi connectivity index (χ2v) is 11.3. The van der Waals surface area contributed by atoms with E-state index in [0.717, 1.165) is 4.70 Å². The number of thiazole rings is 1. The smallest absolute Gasteiger partial charge is 0.325 e. The summed E-state index contributed by atoms with van der Waals surface area (Å²) >= 11 is 1.23. The number of rotatable bonds is 6. The molecule has 1 aliphatic heterocycles. The number of hydrogen-bond donors (Lipinski definition) is 0. The van der Waals surface area contributed by atoms with Crippen LogP contribution in [-0.4, -0.2) is 68.7 Å². The summed E-state index contributed by atoms with van der Waals surface area (Å²) in [7, 11) is -0.890. The molecule has 0 saturated carbocycles. The summed E-state index contributed by atoms with van der Waals surface area (Å²) < 4.78 is 45.6. The van der Waals surface area contributed by atoms with Crippen LogP contribution in [0.25, 0.3) is 10.2 Å². The van der Waals surface area contributed by atoms with E-state index in [2.05, 4.69) is 4.99 Å². The minimum atomic E-state index is -3.73. The minimum absolute atomic E-state index is 0.0927. The number of sulfonamides is 1. The van der Waals surface area contributed by atoms with Gasteiger partial charge in [-0.1, -0.05) is 11.3 Å². The van der Waals surface area contributed by atoms with Gasteiger partial charge in [-0.25, -0.2) is 8.42 Å². The number of carbonyl (C=O) groups is 2. The number of hydrogen-bond acceptors (Lipinski definition) is 8. The molecule has 36 heavy (non-hydrogen) atoms. The molecule has 0 N–H and O–H groups in total. The van der Waals surface area contributed by atoms with Crippen LogP contribution < -0.4 is 9.54 Å². The molecule has 1 saturated heterocycles. The third-order valence-electron chi connectivity index (χ3n) is 5.73. The van der Waals surface area contributed by atoms with Gasteiger partial charge in [0.1, 0.15) is 12.3 Å². The van der Waals surface area contributed by atoms with Crippen LogP contribution in [0.2, 0.25) is 0 Å². The van der Waals surface area contributed by atoms with Gasteiger partial charge in [-0.05, 0) is 56.3 Å². The fraction of sp³-hybridized carbons (Fsp3) is 0.375. The van der Waals surface area contributed by atoms with E-state index in [9.17, 15) is 18.0 Å². The molecular weight excluding hydrogens is 506 g/mol. The Labute approximate surface area is 212 Å². The molecule has 2 aromatic carbocycles. The van der Waals surface area contributed by atoms with Crippen molar-refractivity contribution in [2.45, 2.75) is 37.5 Å². The van der Waals surface area contributed by atoms with Crippen molar-refractivity contribution in [3.63, 3.8) is 0 Å². The second kappa shape index (κ2) is 10.5. The molecule has 10 nitrogen and oxygen atoms in total. The lowest BCUT2D eigenvalue weighted by Crippen LogP contribution is -2.48. The molecule has 2 unspecified atom stereocenters. The Morgan fingerprint density at radius 1 is 1.08 bits per heavy atom. The number of morpholine rings is 1. The zero-order valence-corrected chi connectivity index (χ0v) is 22.0. The van der Waals surface area contributed by atoms with E-state index in [1.807, 2.05) is 13.8 Å². The summed E-state index contributed by atoms with van der Waals surface area (Å²) in [5.74, 6) is -0.418. The Balaban J connectivity index is 1.66. The number of esters is 1. The highest BCUT2D eigenvalue weighted by molar-refractivity contribution is 7.89. The molecule has 0 aliphatic carbocycles. The van der Waals surface area contributed by atoms with E-state index in [1.54, 1.807) is 29.9 Å². The Bertz CT molecular complexity index is 1450. The molecule has 0 bridgehead atoms. The summed E-state index contributed by atoms with van der Waals surface area (Å²) in [6, 6.07) is 11.0. The number of fused-ring (bicyclic) bond motifs is 1. The largest absolute Gasteiger partial charge is 0.497 e. The van der Waals surface area contributed by atoms with Crippen molar-refractivity contribution in [2.24, 2.45) is 4.99 Å². The van der Waals surface area contributed by atoms with Gasteiger partial charge >= 0.3 is 5.97 Å². The van der Waals surface area contributed by atoms with E-state index in [0.29, 0.717) is 16.1 Å². The lowest BCUT2D eigenvalue weighted by molar-refractivity contribution is -0.141. The van der Waals surface area contributed by atoms with Gasteiger partial charge in [0.2, 0.25) is 10.0 Å². The lowest BCUT2D eigenvalue weighted by Gasteiger charge is -2.34. The molecule has 192 valence electrons. The highest BCUT2D eigenvalue weighted by atomic mass is 32.2. The van der Waals surface area contributed by atoms with E-state index >= 15 is 0 Å². The SMILES string of the molecule is COC(=O)Cn1c(=NC(=O)c2ccc(S(=O)(=O)N3CC(C)OC(C)C3)cc2)sc2cc(OC)ccc21. The number of benzene rings is 2. The highest BCUT2D eigenvalue weighted by Crippen LogP contribution is 2.24. The van der Waals surface area contributed by atoms with Crippen molar-refractivity contribution in [1.82, 2.24) is 8.87 Å². The van der Waals surface area contributed by atoms with E-state index in [1.165, 1.54) is 47.0 Å². The van der Waals surface area contributed by atoms with Crippen molar-refractivity contribution in [3.8, 4) is 5.75 Å². The van der Waals surface area contributed by atoms with Gasteiger partial charge in [-0.15, -0.1) is 0 Å². The Morgan fingerprint density at radius 2 is 1.75 bits per heavy atom. The average molecular weight is 534 g/mol. The minimum Gasteiger partial charge on any atom is -0.497 e.